The number of aromatic amines is 1. The van der Waals surface area contributed by atoms with Gasteiger partial charge in [0.15, 0.2) is 0 Å². The van der Waals surface area contributed by atoms with Gasteiger partial charge in [0, 0.05) is 12.7 Å². The lowest BCUT2D eigenvalue weighted by Crippen LogP contribution is -2.13. The van der Waals surface area contributed by atoms with E-state index in [1.165, 1.54) is 38.3 Å². The van der Waals surface area contributed by atoms with Crippen LogP contribution in [0.15, 0.2) is 17.1 Å². The average Bonchev–Trinajstić information content (AvgIpc) is 2.28. The zero-order valence-corrected chi connectivity index (χ0v) is 9.96. The fourth-order valence-corrected chi connectivity index (χ4v) is 1.60. The number of anilines is 1. The molecule has 1 aromatic heterocycles. The summed E-state index contributed by atoms with van der Waals surface area (Å²) in [7, 11) is 0. The molecule has 0 bridgehead atoms. The van der Waals surface area contributed by atoms with Crippen LogP contribution in [0.5, 0.6) is 0 Å². The minimum absolute atomic E-state index is 0.298. The third-order valence-corrected chi connectivity index (χ3v) is 2.52. The van der Waals surface area contributed by atoms with Crippen LogP contribution < -0.4 is 11.0 Å². The Morgan fingerprint density at radius 3 is 2.75 bits per heavy atom. The lowest BCUT2D eigenvalue weighted by Gasteiger charge is -2.05. The van der Waals surface area contributed by atoms with Crippen LogP contribution in [0, 0.1) is 0 Å². The third-order valence-electron chi connectivity index (χ3n) is 2.52. The van der Waals surface area contributed by atoms with Gasteiger partial charge < -0.3 is 5.32 Å². The van der Waals surface area contributed by atoms with E-state index >= 15 is 0 Å². The molecule has 1 aromatic rings. The number of hydrogen-bond acceptors (Lipinski definition) is 3. The molecule has 2 N–H and O–H groups in total. The maximum absolute atomic E-state index is 10.9. The number of rotatable bonds is 8. The number of hydrogen-bond donors (Lipinski definition) is 2. The second-order valence-electron chi connectivity index (χ2n) is 3.98. The monoisotopic (exact) mass is 223 g/mol. The Labute approximate surface area is 96.5 Å². The van der Waals surface area contributed by atoms with E-state index in [0.29, 0.717) is 0 Å². The van der Waals surface area contributed by atoms with Gasteiger partial charge in [0.25, 0.3) is 0 Å². The highest BCUT2D eigenvalue weighted by atomic mass is 16.1. The maximum atomic E-state index is 10.9. The normalized spacial score (nSPS) is 10.3. The van der Waals surface area contributed by atoms with Gasteiger partial charge in [-0.3, -0.25) is 4.98 Å². The molecule has 0 amide bonds. The van der Waals surface area contributed by atoms with Crippen molar-refractivity contribution in [3.63, 3.8) is 0 Å². The SMILES string of the molecule is CCCCCCCCNc1ccnc(=O)[nH]1. The highest BCUT2D eigenvalue weighted by Crippen LogP contribution is 2.05. The highest BCUT2D eigenvalue weighted by molar-refractivity contribution is 5.31. The van der Waals surface area contributed by atoms with Crippen molar-refractivity contribution < 1.29 is 0 Å². The molecule has 0 fully saturated rings. The Morgan fingerprint density at radius 1 is 1.25 bits per heavy atom. The van der Waals surface area contributed by atoms with Crippen molar-refractivity contribution in [2.45, 2.75) is 45.4 Å². The zero-order chi connectivity index (χ0) is 11.6. The zero-order valence-electron chi connectivity index (χ0n) is 9.96. The third kappa shape index (κ3) is 5.53. The molecule has 0 aliphatic rings. The summed E-state index contributed by atoms with van der Waals surface area (Å²) in [5.74, 6) is 0.758. The van der Waals surface area contributed by atoms with Gasteiger partial charge in [-0.25, -0.2) is 9.78 Å². The number of aromatic nitrogens is 2. The summed E-state index contributed by atoms with van der Waals surface area (Å²) in [6.45, 7) is 3.13. The quantitative estimate of drug-likeness (QED) is 0.666. The predicted molar refractivity (Wildman–Crippen MR) is 66.7 cm³/mol. The van der Waals surface area contributed by atoms with Crippen molar-refractivity contribution in [2.75, 3.05) is 11.9 Å². The van der Waals surface area contributed by atoms with Crippen molar-refractivity contribution in [3.8, 4) is 0 Å². The summed E-state index contributed by atoms with van der Waals surface area (Å²) in [6, 6.07) is 1.78. The molecule has 0 spiro atoms. The van der Waals surface area contributed by atoms with Crippen molar-refractivity contribution >= 4 is 5.82 Å². The first-order valence-corrected chi connectivity index (χ1v) is 6.12. The molecular weight excluding hydrogens is 202 g/mol. The minimum Gasteiger partial charge on any atom is -0.371 e. The van der Waals surface area contributed by atoms with E-state index in [0.717, 1.165) is 18.8 Å². The Bertz CT molecular complexity index is 335. The van der Waals surface area contributed by atoms with E-state index < -0.39 is 0 Å². The van der Waals surface area contributed by atoms with Crippen molar-refractivity contribution in [3.05, 3.63) is 22.7 Å². The predicted octanol–water partition coefficient (Wildman–Crippen LogP) is 2.54. The lowest BCUT2D eigenvalue weighted by atomic mass is 10.1. The van der Waals surface area contributed by atoms with Gasteiger partial charge >= 0.3 is 5.69 Å². The molecule has 90 valence electrons. The molecule has 0 unspecified atom stereocenters. The Kier molecular flexibility index (Phi) is 6.30. The molecule has 0 aromatic carbocycles. The minimum atomic E-state index is -0.298. The van der Waals surface area contributed by atoms with Gasteiger partial charge in [-0.05, 0) is 12.5 Å². The Balaban J connectivity index is 2.05. The van der Waals surface area contributed by atoms with Crippen LogP contribution in [-0.4, -0.2) is 16.5 Å². The van der Waals surface area contributed by atoms with Crippen LogP contribution >= 0.6 is 0 Å². The smallest absolute Gasteiger partial charge is 0.346 e. The largest absolute Gasteiger partial charge is 0.371 e. The molecule has 1 rings (SSSR count). The molecule has 0 aliphatic heterocycles. The number of nitrogens with one attached hydrogen (secondary N) is 2. The van der Waals surface area contributed by atoms with Crippen LogP contribution in [0.25, 0.3) is 0 Å². The molecule has 4 nitrogen and oxygen atoms in total. The first-order valence-electron chi connectivity index (χ1n) is 6.12. The summed E-state index contributed by atoms with van der Waals surface area (Å²) >= 11 is 0. The second kappa shape index (κ2) is 7.91. The van der Waals surface area contributed by atoms with E-state index in [9.17, 15) is 4.79 Å². The van der Waals surface area contributed by atoms with Crippen LogP contribution in [0.4, 0.5) is 5.82 Å². The van der Waals surface area contributed by atoms with E-state index in [1.54, 1.807) is 6.07 Å². The molecule has 0 saturated carbocycles. The van der Waals surface area contributed by atoms with Crippen LogP contribution in [0.2, 0.25) is 0 Å². The number of nitrogens with zero attached hydrogens (tertiary/aromatic N) is 1. The van der Waals surface area contributed by atoms with Crippen LogP contribution in [0.3, 0.4) is 0 Å². The second-order valence-corrected chi connectivity index (χ2v) is 3.98. The van der Waals surface area contributed by atoms with E-state index in [-0.39, 0.29) is 5.69 Å². The van der Waals surface area contributed by atoms with Gasteiger partial charge in [0.05, 0.1) is 0 Å². The highest BCUT2D eigenvalue weighted by Gasteiger charge is 1.93. The molecule has 0 saturated heterocycles. The first kappa shape index (κ1) is 12.7. The van der Waals surface area contributed by atoms with Gasteiger partial charge in [0.1, 0.15) is 5.82 Å². The van der Waals surface area contributed by atoms with E-state index in [2.05, 4.69) is 22.2 Å². The van der Waals surface area contributed by atoms with Crippen molar-refractivity contribution in [1.82, 2.24) is 9.97 Å². The standard InChI is InChI=1S/C12H21N3O/c1-2-3-4-5-6-7-9-13-11-8-10-14-12(16)15-11/h8,10H,2-7,9H2,1H3,(H2,13,14,15,16). The Hall–Kier alpha value is -1.32. The summed E-state index contributed by atoms with van der Waals surface area (Å²) in [5.41, 5.74) is -0.298. The van der Waals surface area contributed by atoms with Crippen LogP contribution in [0.1, 0.15) is 45.4 Å². The summed E-state index contributed by atoms with van der Waals surface area (Å²) in [6.07, 6.45) is 9.19. The van der Waals surface area contributed by atoms with Gasteiger partial charge in [-0.15, -0.1) is 0 Å². The van der Waals surface area contributed by atoms with E-state index in [1.807, 2.05) is 0 Å². The molecule has 0 atom stereocenters. The van der Waals surface area contributed by atoms with Gasteiger partial charge in [0.2, 0.25) is 0 Å². The molecular formula is C12H21N3O. The van der Waals surface area contributed by atoms with Crippen LogP contribution in [-0.2, 0) is 0 Å². The summed E-state index contributed by atoms with van der Waals surface area (Å²) < 4.78 is 0. The van der Waals surface area contributed by atoms with Crippen molar-refractivity contribution in [2.24, 2.45) is 0 Å². The fourth-order valence-electron chi connectivity index (χ4n) is 1.60. The molecule has 0 radical (unpaired) electrons. The molecule has 4 heteroatoms. The average molecular weight is 223 g/mol. The fraction of sp³-hybridized carbons (Fsp3) is 0.667. The molecule has 0 aliphatic carbocycles. The van der Waals surface area contributed by atoms with Gasteiger partial charge in [-0.1, -0.05) is 39.0 Å². The summed E-state index contributed by atoms with van der Waals surface area (Å²) in [4.78, 5) is 17.1. The Morgan fingerprint density at radius 2 is 2.00 bits per heavy atom. The maximum Gasteiger partial charge on any atom is 0.346 e. The lowest BCUT2D eigenvalue weighted by molar-refractivity contribution is 0.616. The topological polar surface area (TPSA) is 57.8 Å². The molecule has 1 heterocycles. The first-order chi connectivity index (χ1) is 7.83. The molecule has 16 heavy (non-hydrogen) atoms. The number of unbranched alkanes of at least 4 members (excludes halogenated alkanes) is 5. The van der Waals surface area contributed by atoms with Gasteiger partial charge in [-0.2, -0.15) is 0 Å². The summed E-state index contributed by atoms with van der Waals surface area (Å²) in [5, 5.41) is 3.18. The van der Waals surface area contributed by atoms with Crippen molar-refractivity contribution in [1.29, 1.82) is 0 Å². The van der Waals surface area contributed by atoms with E-state index in [4.69, 9.17) is 0 Å². The number of H-pyrrole nitrogens is 1.